The maximum absolute atomic E-state index is 12.9. The molecule has 7 heteroatoms. The van der Waals surface area contributed by atoms with Crippen LogP contribution in [0.2, 0.25) is 0 Å². The summed E-state index contributed by atoms with van der Waals surface area (Å²) < 4.78 is 6.37. The fraction of sp³-hybridized carbons (Fsp3) is 0.500. The van der Waals surface area contributed by atoms with Crippen molar-refractivity contribution in [3.05, 3.63) is 40.4 Å². The van der Waals surface area contributed by atoms with Gasteiger partial charge in [0.05, 0.1) is 23.9 Å². The average Bonchev–Trinajstić information content (AvgIpc) is 3.46. The van der Waals surface area contributed by atoms with Gasteiger partial charge in [-0.3, -0.25) is 19.0 Å². The number of aromatic nitrogens is 2. The number of amides is 1. The second-order valence-corrected chi connectivity index (χ2v) is 6.91. The molecule has 0 atom stereocenters. The molecule has 0 aliphatic heterocycles. The van der Waals surface area contributed by atoms with Crippen LogP contribution in [0.15, 0.2) is 29.1 Å². The summed E-state index contributed by atoms with van der Waals surface area (Å²) in [6.45, 7) is 4.67. The van der Waals surface area contributed by atoms with E-state index in [1.807, 2.05) is 6.07 Å². The van der Waals surface area contributed by atoms with Gasteiger partial charge in [0.1, 0.15) is 12.4 Å². The molecule has 7 nitrogen and oxygen atoms in total. The maximum atomic E-state index is 12.9. The summed E-state index contributed by atoms with van der Waals surface area (Å²) in [6.07, 6.45) is 2.36. The summed E-state index contributed by atoms with van der Waals surface area (Å²) in [6, 6.07) is 7.12. The highest BCUT2D eigenvalue weighted by atomic mass is 16.5. The lowest BCUT2D eigenvalue weighted by atomic mass is 10.2. The Kier molecular flexibility index (Phi) is 5.88. The Labute approximate surface area is 157 Å². The molecule has 1 fully saturated rings. The molecule has 0 bridgehead atoms. The predicted molar refractivity (Wildman–Crippen MR) is 101 cm³/mol. The first-order valence-electron chi connectivity index (χ1n) is 9.39. The highest BCUT2D eigenvalue weighted by Gasteiger charge is 2.27. The van der Waals surface area contributed by atoms with Crippen LogP contribution in [0.4, 0.5) is 0 Å². The van der Waals surface area contributed by atoms with Crippen molar-refractivity contribution in [3.63, 3.8) is 0 Å². The van der Waals surface area contributed by atoms with Gasteiger partial charge in [0.2, 0.25) is 5.91 Å². The van der Waals surface area contributed by atoms with Gasteiger partial charge in [-0.15, -0.1) is 0 Å². The van der Waals surface area contributed by atoms with E-state index < -0.39 is 0 Å². The Morgan fingerprint density at radius 2 is 2.04 bits per heavy atom. The van der Waals surface area contributed by atoms with E-state index in [1.54, 1.807) is 36.9 Å². The van der Waals surface area contributed by atoms with E-state index >= 15 is 0 Å². The molecule has 1 amide bonds. The molecule has 1 saturated carbocycles. The van der Waals surface area contributed by atoms with E-state index in [0.717, 1.165) is 12.8 Å². The zero-order valence-electron chi connectivity index (χ0n) is 15.8. The third kappa shape index (κ3) is 4.72. The molecule has 27 heavy (non-hydrogen) atoms. The molecule has 1 aromatic carbocycles. The lowest BCUT2D eigenvalue weighted by Crippen LogP contribution is -2.40. The predicted octanol–water partition coefficient (Wildman–Crippen LogP) is 1.90. The number of aryl methyl sites for hydroxylation is 1. The number of fused-ring (bicyclic) bond motifs is 1. The van der Waals surface area contributed by atoms with Gasteiger partial charge in [0.15, 0.2) is 0 Å². The van der Waals surface area contributed by atoms with Crippen molar-refractivity contribution in [1.29, 1.82) is 0 Å². The first-order chi connectivity index (χ1) is 13.0. The van der Waals surface area contributed by atoms with Gasteiger partial charge in [-0.1, -0.05) is 12.1 Å². The van der Waals surface area contributed by atoms with Crippen molar-refractivity contribution in [2.24, 2.45) is 5.92 Å². The topological polar surface area (TPSA) is 81.5 Å². The number of carbonyl (C=O) groups excluding carboxylic acids is 2. The Morgan fingerprint density at radius 1 is 1.30 bits per heavy atom. The van der Waals surface area contributed by atoms with Gasteiger partial charge in [-0.2, -0.15) is 0 Å². The zero-order chi connectivity index (χ0) is 19.4. The highest BCUT2D eigenvalue weighted by Crippen LogP contribution is 2.29. The van der Waals surface area contributed by atoms with E-state index in [0.29, 0.717) is 42.3 Å². The summed E-state index contributed by atoms with van der Waals surface area (Å²) in [5, 5.41) is 0.496. The Morgan fingerprint density at radius 3 is 2.74 bits per heavy atom. The monoisotopic (exact) mass is 371 g/mol. The largest absolute Gasteiger partial charge is 0.466 e. The Balaban J connectivity index is 1.77. The van der Waals surface area contributed by atoms with Crippen molar-refractivity contribution in [3.8, 4) is 0 Å². The fourth-order valence-corrected chi connectivity index (χ4v) is 3.09. The number of hydrogen-bond donors (Lipinski definition) is 0. The highest BCUT2D eigenvalue weighted by molar-refractivity contribution is 5.79. The zero-order valence-corrected chi connectivity index (χ0v) is 15.8. The average molecular weight is 371 g/mol. The second kappa shape index (κ2) is 8.33. The molecule has 0 spiro atoms. The summed E-state index contributed by atoms with van der Waals surface area (Å²) >= 11 is 0. The molecule has 1 heterocycles. The normalized spacial score (nSPS) is 13.6. The SMILES string of the molecule is CCOC(=O)CCN(CC1CC1)C(=O)Cn1c(C)nc2ccccc2c1=O. The smallest absolute Gasteiger partial charge is 0.307 e. The first kappa shape index (κ1) is 19.1. The summed E-state index contributed by atoms with van der Waals surface area (Å²) in [7, 11) is 0. The molecule has 0 N–H and O–H groups in total. The first-order valence-corrected chi connectivity index (χ1v) is 9.39. The molecule has 3 rings (SSSR count). The van der Waals surface area contributed by atoms with Gasteiger partial charge in [-0.25, -0.2) is 4.98 Å². The molecular formula is C20H25N3O4. The van der Waals surface area contributed by atoms with Crippen LogP contribution in [0.5, 0.6) is 0 Å². The third-order valence-electron chi connectivity index (χ3n) is 4.77. The molecule has 144 valence electrons. The standard InChI is InChI=1S/C20H25N3O4/c1-3-27-19(25)10-11-22(12-15-8-9-15)18(24)13-23-14(2)21-17-7-5-4-6-16(17)20(23)26/h4-7,15H,3,8-13H2,1-2H3. The van der Waals surface area contributed by atoms with Gasteiger partial charge in [0, 0.05) is 13.1 Å². The Bertz CT molecular complexity index is 902. The quantitative estimate of drug-likeness (QED) is 0.662. The van der Waals surface area contributed by atoms with E-state index in [-0.39, 0.29) is 30.4 Å². The summed E-state index contributed by atoms with van der Waals surface area (Å²) in [5.74, 6) is 0.507. The van der Waals surface area contributed by atoms with Crippen LogP contribution in [-0.2, 0) is 20.9 Å². The third-order valence-corrected chi connectivity index (χ3v) is 4.77. The maximum Gasteiger partial charge on any atom is 0.307 e. The van der Waals surface area contributed by atoms with Gasteiger partial charge in [0.25, 0.3) is 5.56 Å². The number of carbonyl (C=O) groups is 2. The lowest BCUT2D eigenvalue weighted by Gasteiger charge is -2.23. The van der Waals surface area contributed by atoms with Crippen LogP contribution in [0.3, 0.4) is 0 Å². The molecular weight excluding hydrogens is 346 g/mol. The minimum Gasteiger partial charge on any atom is -0.466 e. The van der Waals surface area contributed by atoms with Crippen molar-refractivity contribution in [2.75, 3.05) is 19.7 Å². The summed E-state index contributed by atoms with van der Waals surface area (Å²) in [4.78, 5) is 43.4. The van der Waals surface area contributed by atoms with Gasteiger partial charge >= 0.3 is 5.97 Å². The summed E-state index contributed by atoms with van der Waals surface area (Å²) in [5.41, 5.74) is 0.407. The van der Waals surface area contributed by atoms with Crippen LogP contribution in [-0.4, -0.2) is 46.0 Å². The molecule has 1 aromatic heterocycles. The molecule has 1 aliphatic carbocycles. The van der Waals surface area contributed by atoms with Gasteiger partial charge in [-0.05, 0) is 44.7 Å². The van der Waals surface area contributed by atoms with E-state index in [9.17, 15) is 14.4 Å². The minimum absolute atomic E-state index is 0.0714. The number of rotatable bonds is 8. The number of hydrogen-bond acceptors (Lipinski definition) is 5. The number of benzene rings is 1. The molecule has 2 aromatic rings. The molecule has 1 aliphatic rings. The number of esters is 1. The minimum atomic E-state index is -0.313. The van der Waals surface area contributed by atoms with Crippen LogP contribution in [0.25, 0.3) is 10.9 Å². The lowest BCUT2D eigenvalue weighted by molar-refractivity contribution is -0.144. The van der Waals surface area contributed by atoms with Crippen molar-refractivity contribution in [2.45, 2.75) is 39.7 Å². The van der Waals surface area contributed by atoms with Crippen molar-refractivity contribution in [1.82, 2.24) is 14.5 Å². The van der Waals surface area contributed by atoms with Crippen LogP contribution < -0.4 is 5.56 Å². The van der Waals surface area contributed by atoms with Crippen LogP contribution in [0, 0.1) is 12.8 Å². The fourth-order valence-electron chi connectivity index (χ4n) is 3.09. The second-order valence-electron chi connectivity index (χ2n) is 6.91. The molecule has 0 radical (unpaired) electrons. The van der Waals surface area contributed by atoms with E-state index in [1.165, 1.54) is 4.57 Å². The van der Waals surface area contributed by atoms with Crippen molar-refractivity contribution < 1.29 is 14.3 Å². The van der Waals surface area contributed by atoms with E-state index in [4.69, 9.17) is 4.74 Å². The van der Waals surface area contributed by atoms with Crippen LogP contribution >= 0.6 is 0 Å². The Hall–Kier alpha value is -2.70. The number of ether oxygens (including phenoxy) is 1. The number of nitrogens with zero attached hydrogens (tertiary/aromatic N) is 3. The van der Waals surface area contributed by atoms with Crippen LogP contribution in [0.1, 0.15) is 32.0 Å². The van der Waals surface area contributed by atoms with Crippen molar-refractivity contribution >= 4 is 22.8 Å². The van der Waals surface area contributed by atoms with Gasteiger partial charge < -0.3 is 9.64 Å². The number of para-hydroxylation sites is 1. The molecule has 0 saturated heterocycles. The molecule has 0 unspecified atom stereocenters. The van der Waals surface area contributed by atoms with E-state index in [2.05, 4.69) is 4.98 Å².